The molecule has 1 heterocycles. The van der Waals surface area contributed by atoms with Crippen LogP contribution in [0.2, 0.25) is 0 Å². The van der Waals surface area contributed by atoms with E-state index in [-0.39, 0.29) is 0 Å². The highest BCUT2D eigenvalue weighted by Gasteiger charge is 2.28. The third kappa shape index (κ3) is 1.67. The second-order valence-corrected chi connectivity index (χ2v) is 6.26. The zero-order valence-corrected chi connectivity index (χ0v) is 11.4. The number of pyridine rings is 1. The lowest BCUT2D eigenvalue weighted by Gasteiger charge is -2.31. The van der Waals surface area contributed by atoms with E-state index in [1.807, 2.05) is 0 Å². The van der Waals surface area contributed by atoms with Crippen LogP contribution in [0, 0.1) is 12.3 Å². The van der Waals surface area contributed by atoms with Gasteiger partial charge in [-0.2, -0.15) is 0 Å². The van der Waals surface area contributed by atoms with Crippen molar-refractivity contribution in [1.82, 2.24) is 4.98 Å². The summed E-state index contributed by atoms with van der Waals surface area (Å²) in [5.74, 6) is 0. The van der Waals surface area contributed by atoms with Crippen molar-refractivity contribution < 1.29 is 0 Å². The monoisotopic (exact) mass is 240 g/mol. The lowest BCUT2D eigenvalue weighted by molar-refractivity contribution is 0.311. The highest BCUT2D eigenvalue weighted by Crippen LogP contribution is 2.38. The first-order valence-corrected chi connectivity index (χ1v) is 6.64. The quantitative estimate of drug-likeness (QED) is 0.763. The number of hydrogen-bond donors (Lipinski definition) is 1. The van der Waals surface area contributed by atoms with E-state index in [0.717, 1.165) is 29.4 Å². The number of nitrogens with zero attached hydrogens (tertiary/aromatic N) is 1. The minimum Gasteiger partial charge on any atom is -0.398 e. The van der Waals surface area contributed by atoms with Gasteiger partial charge in [-0.25, -0.2) is 0 Å². The average molecular weight is 240 g/mol. The largest absolute Gasteiger partial charge is 0.398 e. The lowest BCUT2D eigenvalue weighted by Crippen LogP contribution is -2.24. The summed E-state index contributed by atoms with van der Waals surface area (Å²) in [7, 11) is 0. The number of rotatable bonds is 0. The van der Waals surface area contributed by atoms with Crippen molar-refractivity contribution in [3.8, 4) is 0 Å². The molecule has 18 heavy (non-hydrogen) atoms. The summed E-state index contributed by atoms with van der Waals surface area (Å²) in [6, 6.07) is 6.26. The highest BCUT2D eigenvalue weighted by molar-refractivity contribution is 5.94. The Hall–Kier alpha value is -1.57. The second-order valence-electron chi connectivity index (χ2n) is 6.26. The number of aryl methyl sites for hydroxylation is 1. The van der Waals surface area contributed by atoms with Crippen LogP contribution >= 0.6 is 0 Å². The predicted molar refractivity (Wildman–Crippen MR) is 76.7 cm³/mol. The van der Waals surface area contributed by atoms with E-state index in [9.17, 15) is 0 Å². The molecule has 0 radical (unpaired) electrons. The molecule has 2 nitrogen and oxygen atoms in total. The number of hydrogen-bond acceptors (Lipinski definition) is 2. The van der Waals surface area contributed by atoms with Crippen LogP contribution in [-0.4, -0.2) is 4.98 Å². The van der Waals surface area contributed by atoms with Crippen LogP contribution in [0.3, 0.4) is 0 Å². The summed E-state index contributed by atoms with van der Waals surface area (Å²) in [5.41, 5.74) is 12.4. The Morgan fingerprint density at radius 1 is 1.28 bits per heavy atom. The molecule has 2 heteroatoms. The van der Waals surface area contributed by atoms with E-state index >= 15 is 0 Å². The van der Waals surface area contributed by atoms with Crippen LogP contribution in [0.1, 0.15) is 37.1 Å². The van der Waals surface area contributed by atoms with Crippen molar-refractivity contribution in [3.05, 3.63) is 35.0 Å². The fraction of sp³-hybridized carbons (Fsp3) is 0.438. The maximum Gasteiger partial charge on any atom is 0.0755 e. The molecule has 1 aliphatic carbocycles. The molecule has 0 amide bonds. The van der Waals surface area contributed by atoms with Crippen molar-refractivity contribution in [2.45, 2.75) is 40.0 Å². The fourth-order valence-corrected chi connectivity index (χ4v) is 2.98. The predicted octanol–water partition coefficient (Wildman–Crippen LogP) is 3.64. The van der Waals surface area contributed by atoms with Crippen LogP contribution in [0.15, 0.2) is 18.2 Å². The molecule has 0 aliphatic heterocycles. The highest BCUT2D eigenvalue weighted by atomic mass is 14.7. The third-order valence-corrected chi connectivity index (χ3v) is 4.15. The maximum atomic E-state index is 6.36. The van der Waals surface area contributed by atoms with Gasteiger partial charge in [0, 0.05) is 16.8 Å². The van der Waals surface area contributed by atoms with Crippen molar-refractivity contribution in [2.75, 3.05) is 5.73 Å². The molecule has 0 atom stereocenters. The van der Waals surface area contributed by atoms with Crippen molar-refractivity contribution >= 4 is 16.6 Å². The molecule has 0 bridgehead atoms. The van der Waals surface area contributed by atoms with Gasteiger partial charge in [-0.15, -0.1) is 0 Å². The first-order chi connectivity index (χ1) is 8.48. The Balaban J connectivity index is 2.30. The Morgan fingerprint density at radius 2 is 2.06 bits per heavy atom. The molecule has 0 saturated heterocycles. The Morgan fingerprint density at radius 3 is 2.83 bits per heavy atom. The summed E-state index contributed by atoms with van der Waals surface area (Å²) in [5, 5.41) is 1.12. The van der Waals surface area contributed by atoms with Gasteiger partial charge in [-0.05, 0) is 42.7 Å². The molecule has 1 aliphatic rings. The van der Waals surface area contributed by atoms with Gasteiger partial charge in [0.25, 0.3) is 0 Å². The SMILES string of the molecule is Cc1cccc2c(N)c3c(nc12)CC(C)(C)CC3. The Bertz CT molecular complexity index is 627. The van der Waals surface area contributed by atoms with Gasteiger partial charge in [-0.1, -0.05) is 32.0 Å². The lowest BCUT2D eigenvalue weighted by atomic mass is 9.75. The van der Waals surface area contributed by atoms with Crippen molar-refractivity contribution in [1.29, 1.82) is 0 Å². The van der Waals surface area contributed by atoms with E-state index in [1.54, 1.807) is 0 Å². The fourth-order valence-electron chi connectivity index (χ4n) is 2.98. The Labute approximate surface area is 108 Å². The summed E-state index contributed by atoms with van der Waals surface area (Å²) < 4.78 is 0. The molecule has 2 aromatic rings. The van der Waals surface area contributed by atoms with Gasteiger partial charge in [0.05, 0.1) is 5.52 Å². The summed E-state index contributed by atoms with van der Waals surface area (Å²) in [6.45, 7) is 6.74. The molecule has 94 valence electrons. The van der Waals surface area contributed by atoms with E-state index in [2.05, 4.69) is 39.0 Å². The number of nitrogen functional groups attached to an aromatic ring is 1. The number of nitrogens with two attached hydrogens (primary N) is 1. The van der Waals surface area contributed by atoms with E-state index < -0.39 is 0 Å². The van der Waals surface area contributed by atoms with Gasteiger partial charge in [0.2, 0.25) is 0 Å². The van der Waals surface area contributed by atoms with Crippen LogP contribution in [0.4, 0.5) is 5.69 Å². The van der Waals surface area contributed by atoms with E-state index in [0.29, 0.717) is 5.41 Å². The van der Waals surface area contributed by atoms with E-state index in [1.165, 1.54) is 23.2 Å². The molecule has 1 aromatic carbocycles. The smallest absolute Gasteiger partial charge is 0.0755 e. The van der Waals surface area contributed by atoms with Crippen LogP contribution < -0.4 is 5.73 Å². The number of fused-ring (bicyclic) bond motifs is 2. The third-order valence-electron chi connectivity index (χ3n) is 4.15. The van der Waals surface area contributed by atoms with Gasteiger partial charge in [-0.3, -0.25) is 4.98 Å². The van der Waals surface area contributed by atoms with Crippen molar-refractivity contribution in [2.24, 2.45) is 5.41 Å². The van der Waals surface area contributed by atoms with Gasteiger partial charge >= 0.3 is 0 Å². The Kier molecular flexibility index (Phi) is 2.37. The van der Waals surface area contributed by atoms with Gasteiger partial charge in [0.1, 0.15) is 0 Å². The first-order valence-electron chi connectivity index (χ1n) is 6.64. The molecule has 0 unspecified atom stereocenters. The molecule has 0 saturated carbocycles. The topological polar surface area (TPSA) is 38.9 Å². The van der Waals surface area contributed by atoms with E-state index in [4.69, 9.17) is 10.7 Å². The number of benzene rings is 1. The van der Waals surface area contributed by atoms with Gasteiger partial charge < -0.3 is 5.73 Å². The first kappa shape index (κ1) is 11.5. The zero-order valence-electron chi connectivity index (χ0n) is 11.4. The second kappa shape index (κ2) is 3.71. The zero-order chi connectivity index (χ0) is 12.9. The molecule has 2 N–H and O–H groups in total. The maximum absolute atomic E-state index is 6.36. The molecule has 0 spiro atoms. The van der Waals surface area contributed by atoms with Gasteiger partial charge in [0.15, 0.2) is 0 Å². The normalized spacial score (nSPS) is 17.7. The molecule has 3 rings (SSSR count). The molecule has 0 fully saturated rings. The summed E-state index contributed by atoms with van der Waals surface area (Å²) >= 11 is 0. The average Bonchev–Trinajstić information content (AvgIpc) is 2.29. The molecular weight excluding hydrogens is 220 g/mol. The molecular formula is C16H20N2. The summed E-state index contributed by atoms with van der Waals surface area (Å²) in [6.07, 6.45) is 3.30. The van der Waals surface area contributed by atoms with Crippen LogP contribution in [0.25, 0.3) is 10.9 Å². The number of para-hydroxylation sites is 1. The minimum atomic E-state index is 0.350. The van der Waals surface area contributed by atoms with Crippen molar-refractivity contribution in [3.63, 3.8) is 0 Å². The minimum absolute atomic E-state index is 0.350. The standard InChI is InChI=1S/C16H20N2/c1-10-5-4-6-12-14(17)11-7-8-16(2,3)9-13(11)18-15(10)12/h4-6H,7-9H2,1-3H3,(H2,17,18). The number of aromatic nitrogens is 1. The molecule has 1 aromatic heterocycles. The van der Waals surface area contributed by atoms with Crippen LogP contribution in [0.5, 0.6) is 0 Å². The summed E-state index contributed by atoms with van der Waals surface area (Å²) in [4.78, 5) is 4.89. The number of anilines is 1. The van der Waals surface area contributed by atoms with Crippen LogP contribution in [-0.2, 0) is 12.8 Å².